The molecule has 0 fully saturated rings. The monoisotopic (exact) mass is 116 g/mol. The molecule has 0 aromatic heterocycles. The quantitative estimate of drug-likeness (QED) is 0.527. The molecular formula is C6H14NO. The molecular weight excluding hydrogens is 102 g/mol. The highest BCUT2D eigenvalue weighted by atomic mass is 16.5. The number of likely N-dealkylation sites (N-methyl/N-ethyl adjacent to an activating group) is 1. The minimum absolute atomic E-state index is 0.798. The molecule has 0 aliphatic carbocycles. The van der Waals surface area contributed by atoms with Crippen LogP contribution in [0.4, 0.5) is 0 Å². The van der Waals surface area contributed by atoms with E-state index in [4.69, 9.17) is 4.74 Å². The Bertz CT molecular complexity index is 47.8. The smallest absolute Gasteiger partial charge is 0.0589 e. The highest BCUT2D eigenvalue weighted by molar-refractivity contribution is 4.49. The molecule has 0 bridgehead atoms. The van der Waals surface area contributed by atoms with Crippen molar-refractivity contribution in [3.63, 3.8) is 0 Å². The van der Waals surface area contributed by atoms with Gasteiger partial charge in [0.1, 0.15) is 0 Å². The highest BCUT2D eigenvalue weighted by Crippen LogP contribution is 1.78. The summed E-state index contributed by atoms with van der Waals surface area (Å²) in [5.74, 6) is 0. The van der Waals surface area contributed by atoms with Crippen molar-refractivity contribution >= 4 is 0 Å². The number of rotatable bonds is 4. The third-order valence-electron chi connectivity index (χ3n) is 1.06. The first-order chi connectivity index (χ1) is 3.81. The van der Waals surface area contributed by atoms with E-state index >= 15 is 0 Å². The Morgan fingerprint density at radius 2 is 2.25 bits per heavy atom. The second kappa shape index (κ2) is 5.06. The molecule has 0 saturated carbocycles. The molecule has 8 heavy (non-hydrogen) atoms. The van der Waals surface area contributed by atoms with Crippen molar-refractivity contribution in [2.45, 2.75) is 0 Å². The number of methoxy groups -OCH3 is 1. The lowest BCUT2D eigenvalue weighted by Gasteiger charge is -2.11. The van der Waals surface area contributed by atoms with Crippen LogP contribution in [-0.2, 0) is 4.74 Å². The van der Waals surface area contributed by atoms with Crippen LogP contribution < -0.4 is 0 Å². The van der Waals surface area contributed by atoms with Crippen LogP contribution >= 0.6 is 0 Å². The normalized spacial score (nSPS) is 10.5. The maximum Gasteiger partial charge on any atom is 0.0589 e. The fourth-order valence-corrected chi connectivity index (χ4v) is 0.359. The Labute approximate surface area is 51.4 Å². The highest BCUT2D eigenvalue weighted by Gasteiger charge is 1.89. The number of nitrogens with zero attached hydrogens (tertiary/aromatic N) is 1. The van der Waals surface area contributed by atoms with Crippen LogP contribution in [0.15, 0.2) is 0 Å². The van der Waals surface area contributed by atoms with Gasteiger partial charge in [0.05, 0.1) is 6.61 Å². The van der Waals surface area contributed by atoms with Crippen molar-refractivity contribution in [1.29, 1.82) is 0 Å². The lowest BCUT2D eigenvalue weighted by atomic mass is 10.5. The molecule has 0 heterocycles. The molecule has 0 amide bonds. The average Bonchev–Trinajstić information content (AvgIpc) is 1.83. The molecule has 0 aromatic carbocycles. The van der Waals surface area contributed by atoms with Gasteiger partial charge in [0.25, 0.3) is 0 Å². The van der Waals surface area contributed by atoms with Crippen LogP contribution in [0.3, 0.4) is 0 Å². The van der Waals surface area contributed by atoms with E-state index in [9.17, 15) is 0 Å². The maximum atomic E-state index is 4.84. The zero-order valence-corrected chi connectivity index (χ0v) is 5.68. The Morgan fingerprint density at radius 1 is 1.62 bits per heavy atom. The summed E-state index contributed by atoms with van der Waals surface area (Å²) in [7, 11) is 3.73. The summed E-state index contributed by atoms with van der Waals surface area (Å²) in [6.45, 7) is 6.33. The van der Waals surface area contributed by atoms with Gasteiger partial charge in [-0.2, -0.15) is 0 Å². The Hall–Kier alpha value is -0.0800. The van der Waals surface area contributed by atoms with E-state index in [-0.39, 0.29) is 0 Å². The minimum Gasteiger partial charge on any atom is -0.383 e. The van der Waals surface area contributed by atoms with Crippen LogP contribution in [0.25, 0.3) is 0 Å². The summed E-state index contributed by atoms with van der Waals surface area (Å²) < 4.78 is 4.84. The van der Waals surface area contributed by atoms with E-state index in [1.54, 1.807) is 7.11 Å². The molecule has 0 aliphatic heterocycles. The van der Waals surface area contributed by atoms with Crippen molar-refractivity contribution in [2.24, 2.45) is 0 Å². The van der Waals surface area contributed by atoms with Crippen LogP contribution in [0.1, 0.15) is 0 Å². The van der Waals surface area contributed by atoms with Gasteiger partial charge in [-0.3, -0.25) is 0 Å². The predicted octanol–water partition coefficient (Wildman–Crippen LogP) is 0.399. The summed E-state index contributed by atoms with van der Waals surface area (Å²) in [6, 6.07) is 0. The van der Waals surface area contributed by atoms with Crippen LogP contribution in [0.2, 0.25) is 0 Å². The first-order valence-electron chi connectivity index (χ1n) is 2.78. The summed E-state index contributed by atoms with van der Waals surface area (Å²) >= 11 is 0. The van der Waals surface area contributed by atoms with Gasteiger partial charge in [0.2, 0.25) is 0 Å². The van der Waals surface area contributed by atoms with Crippen LogP contribution in [0, 0.1) is 6.92 Å². The van der Waals surface area contributed by atoms with Gasteiger partial charge in [-0.1, -0.05) is 0 Å². The van der Waals surface area contributed by atoms with Crippen LogP contribution in [-0.4, -0.2) is 38.8 Å². The van der Waals surface area contributed by atoms with Gasteiger partial charge >= 0.3 is 0 Å². The number of ether oxygens (including phenoxy) is 1. The molecule has 0 unspecified atom stereocenters. The Morgan fingerprint density at radius 3 is 2.62 bits per heavy atom. The molecule has 0 saturated heterocycles. The van der Waals surface area contributed by atoms with Crippen molar-refractivity contribution in [3.05, 3.63) is 6.92 Å². The van der Waals surface area contributed by atoms with Crippen molar-refractivity contribution in [2.75, 3.05) is 33.9 Å². The molecule has 49 valence electrons. The second-order valence-electron chi connectivity index (χ2n) is 1.80. The number of hydrogen-bond donors (Lipinski definition) is 0. The number of hydrogen-bond acceptors (Lipinski definition) is 2. The maximum absolute atomic E-state index is 4.84. The molecule has 0 atom stereocenters. The Kier molecular flexibility index (Phi) is 5.01. The van der Waals surface area contributed by atoms with E-state index in [2.05, 4.69) is 11.8 Å². The zero-order chi connectivity index (χ0) is 6.41. The lowest BCUT2D eigenvalue weighted by Crippen LogP contribution is -2.22. The van der Waals surface area contributed by atoms with E-state index in [0.717, 1.165) is 19.7 Å². The van der Waals surface area contributed by atoms with Gasteiger partial charge in [0.15, 0.2) is 0 Å². The second-order valence-corrected chi connectivity index (χ2v) is 1.80. The molecule has 2 nitrogen and oxygen atoms in total. The minimum atomic E-state index is 0.798. The third kappa shape index (κ3) is 4.09. The molecule has 2 heteroatoms. The first-order valence-corrected chi connectivity index (χ1v) is 2.78. The van der Waals surface area contributed by atoms with E-state index in [1.165, 1.54) is 0 Å². The van der Waals surface area contributed by atoms with Gasteiger partial charge in [0, 0.05) is 13.7 Å². The van der Waals surface area contributed by atoms with Gasteiger partial charge in [-0.25, -0.2) is 0 Å². The van der Waals surface area contributed by atoms with Gasteiger partial charge in [-0.15, -0.1) is 0 Å². The standard InChI is InChI=1S/C6H14NO/c1-4-7(2)5-6-8-3/h1,4-6H2,2-3H3. The topological polar surface area (TPSA) is 12.5 Å². The summed E-state index contributed by atoms with van der Waals surface area (Å²) in [5.41, 5.74) is 0. The largest absolute Gasteiger partial charge is 0.383 e. The van der Waals surface area contributed by atoms with E-state index in [1.807, 2.05) is 7.05 Å². The van der Waals surface area contributed by atoms with Crippen molar-refractivity contribution in [3.8, 4) is 0 Å². The van der Waals surface area contributed by atoms with Gasteiger partial charge in [-0.05, 0) is 20.5 Å². The molecule has 0 rings (SSSR count). The predicted molar refractivity (Wildman–Crippen MR) is 34.7 cm³/mol. The molecule has 1 radical (unpaired) electrons. The lowest BCUT2D eigenvalue weighted by molar-refractivity contribution is 0.166. The van der Waals surface area contributed by atoms with Gasteiger partial charge < -0.3 is 9.64 Å². The van der Waals surface area contributed by atoms with Crippen molar-refractivity contribution < 1.29 is 4.74 Å². The fourth-order valence-electron chi connectivity index (χ4n) is 0.359. The van der Waals surface area contributed by atoms with Crippen LogP contribution in [0.5, 0.6) is 0 Å². The Balaban J connectivity index is 2.86. The molecule has 0 aliphatic rings. The fraction of sp³-hybridized carbons (Fsp3) is 0.833. The summed E-state index contributed by atoms with van der Waals surface area (Å²) in [6.07, 6.45) is 0. The summed E-state index contributed by atoms with van der Waals surface area (Å²) in [4.78, 5) is 2.10. The van der Waals surface area contributed by atoms with Crippen molar-refractivity contribution in [1.82, 2.24) is 4.90 Å². The molecule has 0 aromatic rings. The SMILES string of the molecule is [CH2]CN(C)CCOC. The first kappa shape index (κ1) is 7.92. The zero-order valence-electron chi connectivity index (χ0n) is 5.68. The average molecular weight is 116 g/mol. The third-order valence-corrected chi connectivity index (χ3v) is 1.06. The molecule has 0 spiro atoms. The molecule has 0 N–H and O–H groups in total. The van der Waals surface area contributed by atoms with E-state index < -0.39 is 0 Å². The summed E-state index contributed by atoms with van der Waals surface area (Å²) in [5, 5.41) is 0. The van der Waals surface area contributed by atoms with E-state index in [0.29, 0.717) is 0 Å².